The smallest absolute Gasteiger partial charge is 0.236 e. The number of piperidine rings is 1. The van der Waals surface area contributed by atoms with Gasteiger partial charge in [-0.15, -0.1) is 0 Å². The second-order valence-corrected chi connectivity index (χ2v) is 7.22. The van der Waals surface area contributed by atoms with Crippen molar-refractivity contribution in [1.82, 2.24) is 14.7 Å². The molecule has 0 aliphatic carbocycles. The first-order valence-corrected chi connectivity index (χ1v) is 9.16. The van der Waals surface area contributed by atoms with E-state index in [0.717, 1.165) is 26.2 Å². The minimum absolute atomic E-state index is 0.161. The van der Waals surface area contributed by atoms with Gasteiger partial charge in [-0.1, -0.05) is 19.3 Å². The molecule has 5 heteroatoms. The fraction of sp³-hybridized carbons (Fsp3) is 0.941. The summed E-state index contributed by atoms with van der Waals surface area (Å²) < 4.78 is 0. The van der Waals surface area contributed by atoms with E-state index in [0.29, 0.717) is 19.6 Å². The summed E-state index contributed by atoms with van der Waals surface area (Å²) in [6.07, 6.45) is 8.41. The number of nitrogens with zero attached hydrogens (tertiary/aromatic N) is 3. The molecule has 2 atom stereocenters. The standard InChI is InChI=1S/C17H31N3O2/c21-16-13-20(12-15(16)19-10-6-3-7-11-19)17(22)14-18-8-4-1-2-5-9-18/h15-16,21H,1-14H2/t15-,16-/m0/s1. The van der Waals surface area contributed by atoms with Gasteiger partial charge in [0, 0.05) is 13.1 Å². The Balaban J connectivity index is 1.50. The lowest BCUT2D eigenvalue weighted by Crippen LogP contribution is -2.46. The van der Waals surface area contributed by atoms with Gasteiger partial charge >= 0.3 is 0 Å². The molecule has 1 amide bonds. The summed E-state index contributed by atoms with van der Waals surface area (Å²) in [5.41, 5.74) is 0. The van der Waals surface area contributed by atoms with Gasteiger partial charge in [0.05, 0.1) is 18.7 Å². The Morgan fingerprint density at radius 1 is 0.864 bits per heavy atom. The van der Waals surface area contributed by atoms with E-state index < -0.39 is 0 Å². The summed E-state index contributed by atoms with van der Waals surface area (Å²) in [6.45, 7) is 6.04. The maximum absolute atomic E-state index is 12.6. The molecule has 3 saturated heterocycles. The second-order valence-electron chi connectivity index (χ2n) is 7.22. The van der Waals surface area contributed by atoms with Crippen molar-refractivity contribution in [2.75, 3.05) is 45.8 Å². The van der Waals surface area contributed by atoms with E-state index in [1.54, 1.807) is 0 Å². The van der Waals surface area contributed by atoms with E-state index in [1.807, 2.05) is 4.90 Å². The summed E-state index contributed by atoms with van der Waals surface area (Å²) in [5, 5.41) is 10.4. The highest BCUT2D eigenvalue weighted by Gasteiger charge is 2.38. The zero-order chi connectivity index (χ0) is 15.4. The monoisotopic (exact) mass is 309 g/mol. The Morgan fingerprint density at radius 2 is 1.45 bits per heavy atom. The SMILES string of the molecule is O=C(CN1CCCCCC1)N1C[C@H](O)[C@@H](N2CCCCC2)C1. The van der Waals surface area contributed by atoms with Crippen molar-refractivity contribution >= 4 is 5.91 Å². The van der Waals surface area contributed by atoms with Crippen LogP contribution in [-0.4, -0.2) is 83.7 Å². The van der Waals surface area contributed by atoms with Crippen LogP contribution in [0.4, 0.5) is 0 Å². The van der Waals surface area contributed by atoms with Crippen LogP contribution in [0.2, 0.25) is 0 Å². The lowest BCUT2D eigenvalue weighted by Gasteiger charge is -2.33. The largest absolute Gasteiger partial charge is 0.390 e. The number of carbonyl (C=O) groups excluding carboxylic acids is 1. The van der Waals surface area contributed by atoms with Crippen LogP contribution in [-0.2, 0) is 4.79 Å². The first-order valence-electron chi connectivity index (χ1n) is 9.16. The molecule has 0 aromatic rings. The third-order valence-electron chi connectivity index (χ3n) is 5.53. The minimum atomic E-state index is -0.369. The molecule has 0 bridgehead atoms. The maximum atomic E-state index is 12.6. The molecule has 126 valence electrons. The number of aliphatic hydroxyl groups excluding tert-OH is 1. The van der Waals surface area contributed by atoms with Crippen LogP contribution in [0.25, 0.3) is 0 Å². The summed E-state index contributed by atoms with van der Waals surface area (Å²) in [7, 11) is 0. The number of likely N-dealkylation sites (tertiary alicyclic amines) is 3. The van der Waals surface area contributed by atoms with Gasteiger partial charge in [0.25, 0.3) is 0 Å². The molecule has 0 radical (unpaired) electrons. The topological polar surface area (TPSA) is 47.0 Å². The molecular formula is C17H31N3O2. The van der Waals surface area contributed by atoms with E-state index in [2.05, 4.69) is 9.80 Å². The number of hydrogen-bond donors (Lipinski definition) is 1. The quantitative estimate of drug-likeness (QED) is 0.842. The third-order valence-corrected chi connectivity index (χ3v) is 5.53. The molecule has 3 heterocycles. The number of aliphatic hydroxyl groups is 1. The lowest BCUT2D eigenvalue weighted by atomic mass is 10.1. The second kappa shape index (κ2) is 7.75. The van der Waals surface area contributed by atoms with Gasteiger partial charge in [-0.3, -0.25) is 14.6 Å². The predicted octanol–water partition coefficient (Wildman–Crippen LogP) is 0.920. The summed E-state index contributed by atoms with van der Waals surface area (Å²) in [6, 6.07) is 0.161. The molecule has 22 heavy (non-hydrogen) atoms. The number of carbonyl (C=O) groups is 1. The average molecular weight is 309 g/mol. The Kier molecular flexibility index (Phi) is 5.71. The maximum Gasteiger partial charge on any atom is 0.236 e. The first kappa shape index (κ1) is 16.2. The van der Waals surface area contributed by atoms with Crippen LogP contribution < -0.4 is 0 Å². The van der Waals surface area contributed by atoms with Crippen LogP contribution in [0.5, 0.6) is 0 Å². The zero-order valence-corrected chi connectivity index (χ0v) is 13.8. The highest BCUT2D eigenvalue weighted by Crippen LogP contribution is 2.21. The Labute approximate surface area is 134 Å². The van der Waals surface area contributed by atoms with Gasteiger partial charge in [0.15, 0.2) is 0 Å². The molecule has 1 N–H and O–H groups in total. The normalized spacial score (nSPS) is 32.1. The van der Waals surface area contributed by atoms with Crippen molar-refractivity contribution in [2.45, 2.75) is 57.1 Å². The fourth-order valence-electron chi connectivity index (χ4n) is 4.17. The fourth-order valence-corrected chi connectivity index (χ4v) is 4.17. The lowest BCUT2D eigenvalue weighted by molar-refractivity contribution is -0.131. The number of β-amino-alcohol motifs (C(OH)–C–C–N with tert-alkyl or cyclic N) is 1. The van der Waals surface area contributed by atoms with E-state index in [1.165, 1.54) is 44.9 Å². The van der Waals surface area contributed by atoms with Crippen molar-refractivity contribution in [3.8, 4) is 0 Å². The zero-order valence-electron chi connectivity index (χ0n) is 13.8. The van der Waals surface area contributed by atoms with Crippen LogP contribution >= 0.6 is 0 Å². The van der Waals surface area contributed by atoms with Gasteiger partial charge in [-0.05, 0) is 51.9 Å². The van der Waals surface area contributed by atoms with Gasteiger partial charge in [-0.25, -0.2) is 0 Å². The van der Waals surface area contributed by atoms with Crippen molar-refractivity contribution in [1.29, 1.82) is 0 Å². The van der Waals surface area contributed by atoms with Crippen LogP contribution in [0.3, 0.4) is 0 Å². The number of amides is 1. The van der Waals surface area contributed by atoms with Crippen molar-refractivity contribution < 1.29 is 9.90 Å². The average Bonchev–Trinajstić information content (AvgIpc) is 2.75. The van der Waals surface area contributed by atoms with E-state index >= 15 is 0 Å². The van der Waals surface area contributed by atoms with E-state index in [9.17, 15) is 9.90 Å². The summed E-state index contributed by atoms with van der Waals surface area (Å²) in [5.74, 6) is 0.209. The molecule has 3 aliphatic heterocycles. The summed E-state index contributed by atoms with van der Waals surface area (Å²) >= 11 is 0. The molecule has 0 unspecified atom stereocenters. The molecule has 3 fully saturated rings. The van der Waals surface area contributed by atoms with E-state index in [4.69, 9.17) is 0 Å². The number of hydrogen-bond acceptors (Lipinski definition) is 4. The van der Waals surface area contributed by atoms with Crippen LogP contribution in [0.15, 0.2) is 0 Å². The molecule has 0 spiro atoms. The van der Waals surface area contributed by atoms with Crippen molar-refractivity contribution in [3.05, 3.63) is 0 Å². The molecule has 3 rings (SSSR count). The van der Waals surface area contributed by atoms with Gasteiger partial charge in [0.2, 0.25) is 5.91 Å². The molecular weight excluding hydrogens is 278 g/mol. The summed E-state index contributed by atoms with van der Waals surface area (Å²) in [4.78, 5) is 19.1. The van der Waals surface area contributed by atoms with E-state index in [-0.39, 0.29) is 18.1 Å². The van der Waals surface area contributed by atoms with Crippen LogP contribution in [0, 0.1) is 0 Å². The van der Waals surface area contributed by atoms with Gasteiger partial charge in [-0.2, -0.15) is 0 Å². The van der Waals surface area contributed by atoms with Crippen LogP contribution in [0.1, 0.15) is 44.9 Å². The highest BCUT2D eigenvalue weighted by atomic mass is 16.3. The number of rotatable bonds is 3. The van der Waals surface area contributed by atoms with Crippen molar-refractivity contribution in [2.24, 2.45) is 0 Å². The molecule has 0 saturated carbocycles. The molecule has 0 aromatic carbocycles. The Bertz CT molecular complexity index is 363. The Morgan fingerprint density at radius 3 is 2.14 bits per heavy atom. The Hall–Kier alpha value is -0.650. The first-order chi connectivity index (χ1) is 10.7. The van der Waals surface area contributed by atoms with Crippen molar-refractivity contribution in [3.63, 3.8) is 0 Å². The minimum Gasteiger partial charge on any atom is -0.390 e. The third kappa shape index (κ3) is 4.00. The molecule has 0 aromatic heterocycles. The molecule has 5 nitrogen and oxygen atoms in total. The van der Waals surface area contributed by atoms with Gasteiger partial charge < -0.3 is 10.0 Å². The highest BCUT2D eigenvalue weighted by molar-refractivity contribution is 5.78. The molecule has 3 aliphatic rings. The predicted molar refractivity (Wildman–Crippen MR) is 86.7 cm³/mol. The van der Waals surface area contributed by atoms with Gasteiger partial charge in [0.1, 0.15) is 0 Å².